The van der Waals surface area contributed by atoms with E-state index in [1.165, 1.54) is 0 Å². The van der Waals surface area contributed by atoms with E-state index in [-0.39, 0.29) is 23.5 Å². The van der Waals surface area contributed by atoms with Crippen molar-refractivity contribution >= 4 is 16.9 Å². The average molecular weight is 353 g/mol. The van der Waals surface area contributed by atoms with Crippen molar-refractivity contribution in [2.75, 3.05) is 13.3 Å². The molecule has 6 heteroatoms. The summed E-state index contributed by atoms with van der Waals surface area (Å²) in [5.74, 6) is 1.46. The highest BCUT2D eigenvalue weighted by Gasteiger charge is 2.73. The Morgan fingerprint density at radius 1 is 1.08 bits per heavy atom. The Morgan fingerprint density at radius 2 is 1.69 bits per heavy atom. The maximum absolute atomic E-state index is 13.2. The number of aromatic nitrogens is 2. The van der Waals surface area contributed by atoms with Crippen molar-refractivity contribution in [3.05, 3.63) is 23.5 Å². The van der Waals surface area contributed by atoms with Gasteiger partial charge in [-0.25, -0.2) is 9.97 Å². The molecule has 1 aromatic heterocycles. The van der Waals surface area contributed by atoms with Crippen LogP contribution in [-0.2, 0) is 15.6 Å². The molecule has 1 amide bonds. The summed E-state index contributed by atoms with van der Waals surface area (Å²) in [6.45, 7) is 9.40. The molecule has 2 bridgehead atoms. The second-order valence-electron chi connectivity index (χ2n) is 8.34. The van der Waals surface area contributed by atoms with Gasteiger partial charge in [-0.2, -0.15) is 0 Å². The Hall–Kier alpha value is -2.37. The van der Waals surface area contributed by atoms with Gasteiger partial charge >= 0.3 is 0 Å². The largest absolute Gasteiger partial charge is 0.454 e. The molecule has 2 unspecified atom stereocenters. The first-order valence-electron chi connectivity index (χ1n) is 9.26. The average Bonchev–Trinajstić information content (AvgIpc) is 3.17. The van der Waals surface area contributed by atoms with Crippen molar-refractivity contribution in [2.24, 2.45) is 5.41 Å². The van der Waals surface area contributed by atoms with Crippen molar-refractivity contribution in [3.8, 4) is 11.5 Å². The minimum atomic E-state index is -0.634. The van der Waals surface area contributed by atoms with E-state index in [9.17, 15) is 4.79 Å². The van der Waals surface area contributed by atoms with Gasteiger partial charge in [-0.15, -0.1) is 0 Å². The van der Waals surface area contributed by atoms with Crippen LogP contribution in [0.1, 0.15) is 51.9 Å². The molecule has 2 heterocycles. The minimum absolute atomic E-state index is 0.0712. The summed E-state index contributed by atoms with van der Waals surface area (Å²) < 4.78 is 11.0. The summed E-state index contributed by atoms with van der Waals surface area (Å²) in [4.78, 5) is 23.2. The third kappa shape index (κ3) is 1.53. The molecule has 6 nitrogen and oxygen atoms in total. The van der Waals surface area contributed by atoms with E-state index in [0.717, 1.165) is 35.3 Å². The predicted octanol–water partition coefficient (Wildman–Crippen LogP) is 2.82. The molecule has 2 aromatic rings. The van der Waals surface area contributed by atoms with Gasteiger partial charge in [-0.05, 0) is 25.2 Å². The molecule has 1 fully saturated rings. The lowest BCUT2D eigenvalue weighted by molar-refractivity contribution is -0.130. The molecular weight excluding hydrogens is 330 g/mol. The third-order valence-electron chi connectivity index (χ3n) is 7.26. The first kappa shape index (κ1) is 15.9. The van der Waals surface area contributed by atoms with Crippen LogP contribution in [0.4, 0.5) is 0 Å². The summed E-state index contributed by atoms with van der Waals surface area (Å²) in [7, 11) is 0. The molecule has 0 saturated heterocycles. The predicted molar refractivity (Wildman–Crippen MR) is 96.4 cm³/mol. The number of carbonyl (C=O) groups is 1. The van der Waals surface area contributed by atoms with Crippen molar-refractivity contribution in [2.45, 2.75) is 51.4 Å². The fourth-order valence-corrected chi connectivity index (χ4v) is 5.31. The van der Waals surface area contributed by atoms with Gasteiger partial charge in [-0.3, -0.25) is 4.79 Å². The fourth-order valence-electron chi connectivity index (χ4n) is 5.31. The normalized spacial score (nSPS) is 29.8. The standard InChI is InChI=1S/C20H23N3O3/c1-5-21-17(24)20-7-6-19(4,18(20,2)3)15-16(20)23-12-9-14-13(25-10-26-14)8-11(12)22-15/h8-9H,5-7,10H2,1-4H3,(H,21,24). The molecule has 136 valence electrons. The summed E-state index contributed by atoms with van der Waals surface area (Å²) >= 11 is 0. The second-order valence-corrected chi connectivity index (χ2v) is 8.34. The van der Waals surface area contributed by atoms with Crippen LogP contribution in [0.2, 0.25) is 0 Å². The van der Waals surface area contributed by atoms with Crippen LogP contribution in [0, 0.1) is 5.41 Å². The molecule has 0 spiro atoms. The van der Waals surface area contributed by atoms with Gasteiger partial charge < -0.3 is 14.8 Å². The van der Waals surface area contributed by atoms with Crippen LogP contribution < -0.4 is 14.8 Å². The Bertz CT molecular complexity index is 970. The molecule has 1 saturated carbocycles. The number of hydrogen-bond acceptors (Lipinski definition) is 5. The number of nitrogens with zero attached hydrogens (tertiary/aromatic N) is 2. The van der Waals surface area contributed by atoms with Crippen LogP contribution >= 0.6 is 0 Å². The van der Waals surface area contributed by atoms with E-state index in [2.05, 4.69) is 26.1 Å². The van der Waals surface area contributed by atoms with Crippen LogP contribution in [-0.4, -0.2) is 29.2 Å². The van der Waals surface area contributed by atoms with Crippen LogP contribution in [0.25, 0.3) is 11.0 Å². The third-order valence-corrected chi connectivity index (χ3v) is 7.26. The van der Waals surface area contributed by atoms with E-state index in [0.29, 0.717) is 18.0 Å². The van der Waals surface area contributed by atoms with E-state index < -0.39 is 5.41 Å². The van der Waals surface area contributed by atoms with Gasteiger partial charge in [0.25, 0.3) is 0 Å². The van der Waals surface area contributed by atoms with Crippen LogP contribution in [0.15, 0.2) is 12.1 Å². The highest BCUT2D eigenvalue weighted by atomic mass is 16.7. The molecule has 1 N–H and O–H groups in total. The number of ether oxygens (including phenoxy) is 2. The highest BCUT2D eigenvalue weighted by molar-refractivity contribution is 5.93. The fraction of sp³-hybridized carbons (Fsp3) is 0.550. The molecule has 5 rings (SSSR count). The minimum Gasteiger partial charge on any atom is -0.454 e. The first-order chi connectivity index (χ1) is 12.3. The molecule has 2 aliphatic carbocycles. The molecule has 0 radical (unpaired) electrons. The summed E-state index contributed by atoms with van der Waals surface area (Å²) in [5, 5.41) is 3.06. The summed E-state index contributed by atoms with van der Waals surface area (Å²) in [5.41, 5.74) is 2.29. The lowest BCUT2D eigenvalue weighted by Gasteiger charge is -2.39. The van der Waals surface area contributed by atoms with Crippen molar-refractivity contribution in [1.29, 1.82) is 0 Å². The Morgan fingerprint density at radius 3 is 2.31 bits per heavy atom. The Labute approximate surface area is 152 Å². The van der Waals surface area contributed by atoms with Gasteiger partial charge in [-0.1, -0.05) is 20.8 Å². The number of benzene rings is 1. The van der Waals surface area contributed by atoms with E-state index in [1.807, 2.05) is 19.1 Å². The van der Waals surface area contributed by atoms with Crippen molar-refractivity contribution < 1.29 is 14.3 Å². The maximum Gasteiger partial charge on any atom is 0.232 e. The van der Waals surface area contributed by atoms with E-state index >= 15 is 0 Å². The smallest absolute Gasteiger partial charge is 0.232 e. The number of rotatable bonds is 2. The molecule has 1 aromatic carbocycles. The van der Waals surface area contributed by atoms with Gasteiger partial charge in [0.1, 0.15) is 0 Å². The van der Waals surface area contributed by atoms with E-state index in [1.54, 1.807) is 0 Å². The zero-order chi connectivity index (χ0) is 18.3. The quantitative estimate of drug-likeness (QED) is 0.899. The van der Waals surface area contributed by atoms with Crippen LogP contribution in [0.3, 0.4) is 0 Å². The van der Waals surface area contributed by atoms with E-state index in [4.69, 9.17) is 19.4 Å². The monoisotopic (exact) mass is 353 g/mol. The second kappa shape index (κ2) is 4.67. The SMILES string of the molecule is CCNC(=O)C12CCC(C)(c3nc4cc5c(cc4nc31)OCO5)C2(C)C. The topological polar surface area (TPSA) is 73.3 Å². The maximum atomic E-state index is 13.2. The Kier molecular flexibility index (Phi) is 2.85. The zero-order valence-electron chi connectivity index (χ0n) is 15.6. The number of likely N-dealkylation sites (N-methyl/N-ethyl adjacent to an activating group) is 1. The van der Waals surface area contributed by atoms with Gasteiger partial charge in [0.05, 0.1) is 27.8 Å². The number of amides is 1. The number of fused-ring (bicyclic) bond motifs is 7. The molecule has 3 aliphatic rings. The summed E-state index contributed by atoms with van der Waals surface area (Å²) in [6.07, 6.45) is 1.74. The molecule has 1 aliphatic heterocycles. The number of nitrogens with one attached hydrogen (secondary N) is 1. The highest BCUT2D eigenvalue weighted by Crippen LogP contribution is 2.70. The summed E-state index contributed by atoms with van der Waals surface area (Å²) in [6, 6.07) is 3.77. The Balaban J connectivity index is 1.81. The molecule has 2 atom stereocenters. The lowest BCUT2D eigenvalue weighted by atomic mass is 9.63. The zero-order valence-corrected chi connectivity index (χ0v) is 15.6. The number of carbonyl (C=O) groups excluding carboxylic acids is 1. The van der Waals surface area contributed by atoms with Gasteiger partial charge in [0.15, 0.2) is 11.5 Å². The van der Waals surface area contributed by atoms with Crippen molar-refractivity contribution in [1.82, 2.24) is 15.3 Å². The van der Waals surface area contributed by atoms with Gasteiger partial charge in [0.2, 0.25) is 12.7 Å². The molecular formula is C20H23N3O3. The molecule has 26 heavy (non-hydrogen) atoms. The first-order valence-corrected chi connectivity index (χ1v) is 9.26. The van der Waals surface area contributed by atoms with Gasteiger partial charge in [0, 0.05) is 24.1 Å². The lowest BCUT2D eigenvalue weighted by Crippen LogP contribution is -2.51. The van der Waals surface area contributed by atoms with Crippen LogP contribution in [0.5, 0.6) is 11.5 Å². The number of hydrogen-bond donors (Lipinski definition) is 1. The van der Waals surface area contributed by atoms with Crippen molar-refractivity contribution in [3.63, 3.8) is 0 Å².